The van der Waals surface area contributed by atoms with Crippen molar-refractivity contribution in [3.63, 3.8) is 0 Å². The van der Waals surface area contributed by atoms with Crippen LogP contribution >= 0.6 is 11.3 Å². The van der Waals surface area contributed by atoms with Gasteiger partial charge in [0.1, 0.15) is 11.4 Å². The quantitative estimate of drug-likeness (QED) is 0.432. The summed E-state index contributed by atoms with van der Waals surface area (Å²) >= 11 is 1.54. The topological polar surface area (TPSA) is 56.2 Å². The Hall–Kier alpha value is -3.59. The van der Waals surface area contributed by atoms with E-state index in [0.717, 1.165) is 34.0 Å². The molecular weight excluding hydrogens is 427 g/mol. The second-order valence-corrected chi connectivity index (χ2v) is 7.46. The minimum atomic E-state index is -4.78. The minimum absolute atomic E-state index is 0.208. The summed E-state index contributed by atoms with van der Waals surface area (Å²) in [6.45, 7) is 0.208. The van der Waals surface area contributed by atoms with Crippen molar-refractivity contribution in [2.75, 3.05) is 0 Å². The van der Waals surface area contributed by atoms with Gasteiger partial charge in [-0.15, -0.1) is 24.5 Å². The van der Waals surface area contributed by atoms with Gasteiger partial charge in [-0.3, -0.25) is 4.79 Å². The van der Waals surface area contributed by atoms with Gasteiger partial charge in [0.2, 0.25) is 0 Å². The summed E-state index contributed by atoms with van der Waals surface area (Å²) in [5.41, 5.74) is 2.69. The summed E-state index contributed by atoms with van der Waals surface area (Å²) in [6.07, 6.45) is -2.92. The van der Waals surface area contributed by atoms with Crippen LogP contribution in [-0.2, 0) is 6.54 Å². The van der Waals surface area contributed by atoms with E-state index in [0.29, 0.717) is 0 Å². The predicted molar refractivity (Wildman–Crippen MR) is 111 cm³/mol. The van der Waals surface area contributed by atoms with Crippen LogP contribution in [0.4, 0.5) is 13.2 Å². The first-order valence-electron chi connectivity index (χ1n) is 9.21. The number of hydrogen-bond acceptors (Lipinski definition) is 4. The number of thiophene rings is 1. The average molecular weight is 443 g/mol. The maximum Gasteiger partial charge on any atom is 0.573 e. The van der Waals surface area contributed by atoms with E-state index in [1.807, 2.05) is 54.0 Å². The number of ether oxygens (including phenoxy) is 1. The molecule has 1 N–H and O–H groups in total. The zero-order valence-corrected chi connectivity index (χ0v) is 16.8. The van der Waals surface area contributed by atoms with E-state index in [4.69, 9.17) is 0 Å². The highest BCUT2D eigenvalue weighted by Gasteiger charge is 2.31. The lowest BCUT2D eigenvalue weighted by Crippen LogP contribution is -2.23. The van der Waals surface area contributed by atoms with E-state index in [1.165, 1.54) is 12.1 Å². The third-order valence-corrected chi connectivity index (χ3v) is 5.23. The maximum absolute atomic E-state index is 12.5. The van der Waals surface area contributed by atoms with Crippen LogP contribution in [0.15, 0.2) is 78.3 Å². The molecule has 2 heterocycles. The molecule has 158 valence electrons. The van der Waals surface area contributed by atoms with Gasteiger partial charge < -0.3 is 10.1 Å². The Morgan fingerprint density at radius 1 is 1.03 bits per heavy atom. The molecule has 5 nitrogen and oxygen atoms in total. The third kappa shape index (κ3) is 5.13. The zero-order valence-electron chi connectivity index (χ0n) is 16.0. The molecule has 1 amide bonds. The number of aromatic nitrogens is 2. The van der Waals surface area contributed by atoms with Crippen LogP contribution in [0.25, 0.3) is 16.3 Å². The molecular formula is C22H16F3N3O2S. The molecule has 0 bridgehead atoms. The highest BCUT2D eigenvalue weighted by atomic mass is 32.1. The predicted octanol–water partition coefficient (Wildman–Crippen LogP) is 5.43. The maximum atomic E-state index is 12.5. The molecule has 0 saturated heterocycles. The number of carbonyl (C=O) groups is 1. The Morgan fingerprint density at radius 2 is 1.77 bits per heavy atom. The number of amides is 1. The molecule has 4 aromatic rings. The fraction of sp³-hybridized carbons (Fsp3) is 0.0909. The largest absolute Gasteiger partial charge is 0.573 e. The third-order valence-electron chi connectivity index (χ3n) is 4.35. The Labute approximate surface area is 179 Å². The number of benzene rings is 2. The molecule has 2 aromatic carbocycles. The summed E-state index contributed by atoms with van der Waals surface area (Å²) < 4.78 is 42.4. The van der Waals surface area contributed by atoms with E-state index < -0.39 is 12.3 Å². The van der Waals surface area contributed by atoms with Gasteiger partial charge in [0, 0.05) is 23.9 Å². The van der Waals surface area contributed by atoms with E-state index in [-0.39, 0.29) is 17.9 Å². The first kappa shape index (κ1) is 20.7. The van der Waals surface area contributed by atoms with Crippen LogP contribution in [0.5, 0.6) is 5.75 Å². The average Bonchev–Trinajstić information content (AvgIpc) is 3.42. The SMILES string of the molecule is O=C(NCc1cn(-c2ccccc2)nc1-c1cccs1)c1ccc(OC(F)(F)F)cc1. The number of halogens is 3. The van der Waals surface area contributed by atoms with Crippen molar-refractivity contribution in [2.45, 2.75) is 12.9 Å². The van der Waals surface area contributed by atoms with Gasteiger partial charge in [0.15, 0.2) is 0 Å². The Balaban J connectivity index is 1.51. The van der Waals surface area contributed by atoms with Gasteiger partial charge >= 0.3 is 6.36 Å². The number of rotatable bonds is 6. The molecule has 0 unspecified atom stereocenters. The highest BCUT2D eigenvalue weighted by Crippen LogP contribution is 2.28. The fourth-order valence-electron chi connectivity index (χ4n) is 2.96. The first-order chi connectivity index (χ1) is 14.9. The number of nitrogens with zero attached hydrogens (tertiary/aromatic N) is 2. The molecule has 0 atom stereocenters. The molecule has 0 saturated carbocycles. The van der Waals surface area contributed by atoms with Gasteiger partial charge in [0.25, 0.3) is 5.91 Å². The van der Waals surface area contributed by atoms with Gasteiger partial charge in [0.05, 0.1) is 10.6 Å². The summed E-state index contributed by atoms with van der Waals surface area (Å²) in [5.74, 6) is -0.795. The summed E-state index contributed by atoms with van der Waals surface area (Å²) in [5, 5.41) is 9.42. The van der Waals surface area contributed by atoms with Gasteiger partial charge in [-0.2, -0.15) is 5.10 Å². The van der Waals surface area contributed by atoms with Crippen molar-refractivity contribution < 1.29 is 22.7 Å². The number of hydrogen-bond donors (Lipinski definition) is 1. The minimum Gasteiger partial charge on any atom is -0.406 e. The number of para-hydroxylation sites is 1. The van der Waals surface area contributed by atoms with E-state index in [9.17, 15) is 18.0 Å². The van der Waals surface area contributed by atoms with Crippen LogP contribution in [0.2, 0.25) is 0 Å². The van der Waals surface area contributed by atoms with Gasteiger partial charge in [-0.25, -0.2) is 4.68 Å². The number of alkyl halides is 3. The highest BCUT2D eigenvalue weighted by molar-refractivity contribution is 7.13. The molecule has 0 aliphatic rings. The van der Waals surface area contributed by atoms with Gasteiger partial charge in [-0.1, -0.05) is 24.3 Å². The summed E-state index contributed by atoms with van der Waals surface area (Å²) in [7, 11) is 0. The van der Waals surface area contributed by atoms with Crippen molar-refractivity contribution >= 4 is 17.2 Å². The van der Waals surface area contributed by atoms with Gasteiger partial charge in [-0.05, 0) is 47.8 Å². The Bertz CT molecular complexity index is 1160. The number of nitrogens with one attached hydrogen (secondary N) is 1. The normalized spacial score (nSPS) is 11.3. The lowest BCUT2D eigenvalue weighted by molar-refractivity contribution is -0.274. The van der Waals surface area contributed by atoms with Crippen LogP contribution in [0.1, 0.15) is 15.9 Å². The molecule has 0 aliphatic carbocycles. The van der Waals surface area contributed by atoms with E-state index in [2.05, 4.69) is 15.2 Å². The second kappa shape index (κ2) is 8.65. The van der Waals surface area contributed by atoms with Crippen molar-refractivity contribution in [1.82, 2.24) is 15.1 Å². The molecule has 4 rings (SSSR count). The molecule has 0 aliphatic heterocycles. The van der Waals surface area contributed by atoms with Crippen molar-refractivity contribution in [1.29, 1.82) is 0 Å². The van der Waals surface area contributed by atoms with E-state index in [1.54, 1.807) is 16.0 Å². The standard InChI is InChI=1S/C22H16F3N3O2S/c23-22(24,25)30-18-10-8-15(9-11-18)21(29)26-13-16-14-28(17-5-2-1-3-6-17)27-20(16)19-7-4-12-31-19/h1-12,14H,13H2,(H,26,29). The molecule has 0 radical (unpaired) electrons. The first-order valence-corrected chi connectivity index (χ1v) is 10.1. The smallest absolute Gasteiger partial charge is 0.406 e. The summed E-state index contributed by atoms with van der Waals surface area (Å²) in [6, 6.07) is 18.2. The monoisotopic (exact) mass is 443 g/mol. The molecule has 9 heteroatoms. The molecule has 31 heavy (non-hydrogen) atoms. The second-order valence-electron chi connectivity index (χ2n) is 6.52. The van der Waals surface area contributed by atoms with E-state index >= 15 is 0 Å². The fourth-order valence-corrected chi connectivity index (χ4v) is 3.70. The molecule has 2 aromatic heterocycles. The van der Waals surface area contributed by atoms with Crippen molar-refractivity contribution in [3.8, 4) is 22.0 Å². The van der Waals surface area contributed by atoms with Crippen molar-refractivity contribution in [3.05, 3.63) is 89.4 Å². The Kier molecular flexibility index (Phi) is 5.77. The Morgan fingerprint density at radius 3 is 2.42 bits per heavy atom. The van der Waals surface area contributed by atoms with Crippen molar-refractivity contribution in [2.24, 2.45) is 0 Å². The molecule has 0 fully saturated rings. The molecule has 0 spiro atoms. The van der Waals surface area contributed by atoms with Crippen LogP contribution in [0.3, 0.4) is 0 Å². The lowest BCUT2D eigenvalue weighted by Gasteiger charge is -2.09. The zero-order chi connectivity index (χ0) is 21.8. The summed E-state index contributed by atoms with van der Waals surface area (Å²) in [4.78, 5) is 13.5. The van der Waals surface area contributed by atoms with Crippen LogP contribution in [0, 0.1) is 0 Å². The number of carbonyl (C=O) groups excluding carboxylic acids is 1. The van der Waals surface area contributed by atoms with Crippen LogP contribution in [-0.4, -0.2) is 22.1 Å². The van der Waals surface area contributed by atoms with Crippen LogP contribution < -0.4 is 10.1 Å². The lowest BCUT2D eigenvalue weighted by atomic mass is 10.2.